The third kappa shape index (κ3) is 1.35. The number of benzene rings is 1. The number of hydrogen-bond donors (Lipinski definition) is 1. The fourth-order valence-electron chi connectivity index (χ4n) is 3.66. The smallest absolute Gasteiger partial charge is 0.314 e. The number of carboxylic acids is 1. The number of carboxylic acid groups (broad SMARTS) is 1. The van der Waals surface area contributed by atoms with E-state index < -0.39 is 11.4 Å². The molecule has 0 atom stereocenters. The molecule has 1 fully saturated rings. The molecule has 2 aliphatic heterocycles. The van der Waals surface area contributed by atoms with Gasteiger partial charge in [0.2, 0.25) is 0 Å². The maximum atomic E-state index is 11.9. The quantitative estimate of drug-likeness (QED) is 0.911. The summed E-state index contributed by atoms with van der Waals surface area (Å²) in [5.74, 6) is 0.665. The van der Waals surface area contributed by atoms with Crippen molar-refractivity contribution >= 4 is 17.6 Å². The summed E-state index contributed by atoms with van der Waals surface area (Å²) in [4.78, 5) is 11.9. The molecule has 0 spiro atoms. The summed E-state index contributed by atoms with van der Waals surface area (Å²) in [5.41, 5.74) is 1.94. The number of carbonyl (C=O) groups is 1. The van der Waals surface area contributed by atoms with Crippen molar-refractivity contribution in [1.29, 1.82) is 0 Å². The van der Waals surface area contributed by atoms with E-state index in [0.717, 1.165) is 41.7 Å². The van der Waals surface area contributed by atoms with E-state index in [0.29, 0.717) is 36.8 Å². The Morgan fingerprint density at radius 2 is 1.75 bits per heavy atom. The van der Waals surface area contributed by atoms with Crippen molar-refractivity contribution in [1.82, 2.24) is 0 Å². The average molecular weight is 295 g/mol. The molecule has 0 amide bonds. The van der Waals surface area contributed by atoms with Crippen molar-refractivity contribution in [2.24, 2.45) is 0 Å². The summed E-state index contributed by atoms with van der Waals surface area (Å²) in [6, 6.07) is 0. The lowest BCUT2D eigenvalue weighted by Crippen LogP contribution is -2.43. The van der Waals surface area contributed by atoms with Gasteiger partial charge in [0.25, 0.3) is 0 Å². The molecule has 1 aromatic rings. The average Bonchev–Trinajstić information content (AvgIpc) is 3.00. The van der Waals surface area contributed by atoms with Crippen LogP contribution in [0.15, 0.2) is 0 Å². The monoisotopic (exact) mass is 294 g/mol. The number of rotatable bonds is 2. The Morgan fingerprint density at radius 1 is 1.10 bits per heavy atom. The van der Waals surface area contributed by atoms with E-state index in [4.69, 9.17) is 21.1 Å². The van der Waals surface area contributed by atoms with Crippen LogP contribution in [0.25, 0.3) is 0 Å². The molecule has 0 saturated heterocycles. The number of halogens is 1. The molecule has 1 saturated carbocycles. The van der Waals surface area contributed by atoms with Gasteiger partial charge in [0.15, 0.2) is 0 Å². The Morgan fingerprint density at radius 3 is 2.35 bits per heavy atom. The van der Waals surface area contributed by atoms with Crippen LogP contribution in [0.1, 0.15) is 36.0 Å². The Hall–Kier alpha value is -1.42. The number of aliphatic carboxylic acids is 1. The van der Waals surface area contributed by atoms with Gasteiger partial charge >= 0.3 is 5.97 Å². The lowest BCUT2D eigenvalue weighted by molar-refractivity contribution is -0.147. The lowest BCUT2D eigenvalue weighted by atomic mass is 9.62. The first kappa shape index (κ1) is 12.3. The van der Waals surface area contributed by atoms with Crippen molar-refractivity contribution in [2.75, 3.05) is 13.2 Å². The van der Waals surface area contributed by atoms with E-state index in [2.05, 4.69) is 0 Å². The molecule has 0 aromatic heterocycles. The zero-order valence-electron chi connectivity index (χ0n) is 11.0. The lowest BCUT2D eigenvalue weighted by Gasteiger charge is -2.40. The van der Waals surface area contributed by atoms with Gasteiger partial charge in [0, 0.05) is 29.5 Å². The van der Waals surface area contributed by atoms with Crippen LogP contribution in [-0.2, 0) is 23.1 Å². The normalized spacial score (nSPS) is 21.4. The Labute approximate surface area is 121 Å². The Kier molecular flexibility index (Phi) is 2.49. The van der Waals surface area contributed by atoms with E-state index in [1.807, 2.05) is 0 Å². The van der Waals surface area contributed by atoms with E-state index in [1.54, 1.807) is 0 Å². The van der Waals surface area contributed by atoms with Crippen LogP contribution in [0.4, 0.5) is 0 Å². The van der Waals surface area contributed by atoms with Crippen molar-refractivity contribution in [3.63, 3.8) is 0 Å². The molecule has 3 aliphatic rings. The second-order valence-electron chi connectivity index (χ2n) is 5.74. The number of ether oxygens (including phenoxy) is 2. The summed E-state index contributed by atoms with van der Waals surface area (Å²) >= 11 is 6.41. The second-order valence-corrected chi connectivity index (χ2v) is 6.12. The van der Waals surface area contributed by atoms with Crippen LogP contribution in [0.2, 0.25) is 5.02 Å². The predicted molar refractivity (Wildman–Crippen MR) is 73.0 cm³/mol. The van der Waals surface area contributed by atoms with Crippen LogP contribution in [0, 0.1) is 0 Å². The van der Waals surface area contributed by atoms with E-state index >= 15 is 0 Å². The molecule has 2 heterocycles. The predicted octanol–water partition coefficient (Wildman–Crippen LogP) is 2.72. The Balaban J connectivity index is 2.03. The zero-order chi connectivity index (χ0) is 13.9. The molecular formula is C15H15ClO4. The summed E-state index contributed by atoms with van der Waals surface area (Å²) in [7, 11) is 0. The van der Waals surface area contributed by atoms with Gasteiger partial charge in [-0.3, -0.25) is 4.79 Å². The third-order valence-corrected chi connectivity index (χ3v) is 5.23. The standard InChI is InChI=1S/C15H15ClO4/c16-11-9-3-7-19-12(9)10(8-2-6-20-13(8)11)15(14(17)18)4-1-5-15/h1-7H2,(H,17,18). The minimum absolute atomic E-state index is 0.570. The van der Waals surface area contributed by atoms with Crippen molar-refractivity contribution < 1.29 is 19.4 Å². The molecule has 4 rings (SSSR count). The first-order chi connectivity index (χ1) is 9.65. The minimum atomic E-state index is -0.795. The van der Waals surface area contributed by atoms with Gasteiger partial charge in [0.05, 0.1) is 23.7 Å². The van der Waals surface area contributed by atoms with Gasteiger partial charge in [-0.05, 0) is 12.8 Å². The van der Waals surface area contributed by atoms with Gasteiger partial charge in [-0.1, -0.05) is 18.0 Å². The molecule has 0 bridgehead atoms. The van der Waals surface area contributed by atoms with Crippen molar-refractivity contribution in [3.05, 3.63) is 21.7 Å². The Bertz CT molecular complexity index is 584. The molecule has 20 heavy (non-hydrogen) atoms. The van der Waals surface area contributed by atoms with Gasteiger partial charge in [0.1, 0.15) is 11.5 Å². The largest absolute Gasteiger partial charge is 0.493 e. The molecule has 1 aromatic carbocycles. The highest BCUT2D eigenvalue weighted by molar-refractivity contribution is 6.33. The third-order valence-electron chi connectivity index (χ3n) is 4.83. The van der Waals surface area contributed by atoms with Crippen LogP contribution in [0.5, 0.6) is 11.5 Å². The highest BCUT2D eigenvalue weighted by Gasteiger charge is 2.51. The number of fused-ring (bicyclic) bond motifs is 2. The molecular weight excluding hydrogens is 280 g/mol. The topological polar surface area (TPSA) is 55.8 Å². The minimum Gasteiger partial charge on any atom is -0.493 e. The maximum absolute atomic E-state index is 11.9. The fourth-order valence-corrected chi connectivity index (χ4v) is 4.01. The maximum Gasteiger partial charge on any atom is 0.314 e. The van der Waals surface area contributed by atoms with Crippen LogP contribution < -0.4 is 9.47 Å². The molecule has 1 aliphatic carbocycles. The number of hydrogen-bond acceptors (Lipinski definition) is 3. The molecule has 0 radical (unpaired) electrons. The first-order valence-corrected chi connectivity index (χ1v) is 7.39. The SMILES string of the molecule is O=C(O)C1(c2c3c(c(Cl)c4c2OCC4)OCC3)CCC1. The summed E-state index contributed by atoms with van der Waals surface area (Å²) in [5, 5.41) is 10.4. The molecule has 0 unspecified atom stereocenters. The van der Waals surface area contributed by atoms with E-state index in [-0.39, 0.29) is 0 Å². The van der Waals surface area contributed by atoms with Gasteiger partial charge in [-0.2, -0.15) is 0 Å². The molecule has 5 heteroatoms. The highest BCUT2D eigenvalue weighted by atomic mass is 35.5. The van der Waals surface area contributed by atoms with Crippen LogP contribution in [-0.4, -0.2) is 24.3 Å². The van der Waals surface area contributed by atoms with Gasteiger partial charge in [-0.25, -0.2) is 0 Å². The summed E-state index contributed by atoms with van der Waals surface area (Å²) < 4.78 is 11.4. The fraction of sp³-hybridized carbons (Fsp3) is 0.533. The molecule has 1 N–H and O–H groups in total. The summed E-state index contributed by atoms with van der Waals surface area (Å²) in [6.45, 7) is 1.14. The van der Waals surface area contributed by atoms with E-state index in [9.17, 15) is 9.90 Å². The van der Waals surface area contributed by atoms with Crippen molar-refractivity contribution in [2.45, 2.75) is 37.5 Å². The first-order valence-electron chi connectivity index (χ1n) is 7.02. The molecule has 4 nitrogen and oxygen atoms in total. The van der Waals surface area contributed by atoms with Gasteiger partial charge < -0.3 is 14.6 Å². The van der Waals surface area contributed by atoms with Crippen molar-refractivity contribution in [3.8, 4) is 11.5 Å². The van der Waals surface area contributed by atoms with E-state index in [1.165, 1.54) is 0 Å². The highest BCUT2D eigenvalue weighted by Crippen LogP contribution is 2.56. The van der Waals surface area contributed by atoms with Crippen LogP contribution >= 0.6 is 11.6 Å². The van der Waals surface area contributed by atoms with Crippen LogP contribution in [0.3, 0.4) is 0 Å². The van der Waals surface area contributed by atoms with Gasteiger partial charge in [-0.15, -0.1) is 0 Å². The summed E-state index contributed by atoms with van der Waals surface area (Å²) in [6.07, 6.45) is 3.74. The zero-order valence-corrected chi connectivity index (χ0v) is 11.8. The molecule has 106 valence electrons. The second kappa shape index (κ2) is 4.04.